The smallest absolute Gasteiger partial charge is 0.315 e. The summed E-state index contributed by atoms with van der Waals surface area (Å²) in [7, 11) is 0. The van der Waals surface area contributed by atoms with Crippen molar-refractivity contribution in [2.24, 2.45) is 0 Å². The van der Waals surface area contributed by atoms with Crippen LogP contribution in [0.5, 0.6) is 0 Å². The van der Waals surface area contributed by atoms with Crippen LogP contribution in [0.1, 0.15) is 43.7 Å². The molecule has 0 saturated carbocycles. The van der Waals surface area contributed by atoms with Gasteiger partial charge in [0.25, 0.3) is 0 Å². The van der Waals surface area contributed by atoms with Crippen molar-refractivity contribution >= 4 is 21.9 Å². The van der Waals surface area contributed by atoms with Crippen LogP contribution in [-0.4, -0.2) is 33.2 Å². The molecule has 0 fully saturated rings. The van der Waals surface area contributed by atoms with Crippen LogP contribution in [0.3, 0.4) is 0 Å². The SMILES string of the molecule is CC(C)(C)OC(=O)C1CN(Cc2nc(-c3cccc(Br)c3)no2)Cc2ccccc21. The molecular weight excluding hydrogens is 446 g/mol. The number of hydrogen-bond donors (Lipinski definition) is 0. The van der Waals surface area contributed by atoms with E-state index in [0.29, 0.717) is 31.3 Å². The van der Waals surface area contributed by atoms with E-state index in [0.717, 1.165) is 21.2 Å². The maximum Gasteiger partial charge on any atom is 0.315 e. The fraction of sp³-hybridized carbons (Fsp3) is 0.348. The van der Waals surface area contributed by atoms with E-state index >= 15 is 0 Å². The molecule has 4 rings (SSSR count). The monoisotopic (exact) mass is 469 g/mol. The van der Waals surface area contributed by atoms with Gasteiger partial charge in [0.15, 0.2) is 0 Å². The molecule has 0 N–H and O–H groups in total. The van der Waals surface area contributed by atoms with E-state index in [4.69, 9.17) is 9.26 Å². The molecule has 1 aliphatic heterocycles. The first kappa shape index (κ1) is 20.8. The number of rotatable bonds is 4. The standard InChI is InChI=1S/C23H24BrN3O3/c1-23(2,3)29-22(28)19-13-27(12-16-7-4-5-10-18(16)19)14-20-25-21(26-30-20)15-8-6-9-17(24)11-15/h4-11,19H,12-14H2,1-3H3. The van der Waals surface area contributed by atoms with E-state index in [2.05, 4.69) is 37.0 Å². The highest BCUT2D eigenvalue weighted by Crippen LogP contribution is 2.31. The van der Waals surface area contributed by atoms with Gasteiger partial charge in [0.2, 0.25) is 11.7 Å². The van der Waals surface area contributed by atoms with Crippen LogP contribution < -0.4 is 0 Å². The number of carbonyl (C=O) groups excluding carboxylic acids is 1. The minimum atomic E-state index is -0.528. The summed E-state index contributed by atoms with van der Waals surface area (Å²) in [4.78, 5) is 19.6. The Hall–Kier alpha value is -2.51. The number of halogens is 1. The van der Waals surface area contributed by atoms with E-state index in [1.165, 1.54) is 0 Å². The van der Waals surface area contributed by atoms with Crippen LogP contribution >= 0.6 is 15.9 Å². The normalized spacial score (nSPS) is 16.9. The molecule has 1 aromatic heterocycles. The third-order valence-electron chi connectivity index (χ3n) is 4.87. The number of esters is 1. The third-order valence-corrected chi connectivity index (χ3v) is 5.36. The first-order valence-electron chi connectivity index (χ1n) is 9.90. The lowest BCUT2D eigenvalue weighted by molar-refractivity contribution is -0.157. The molecule has 1 aliphatic rings. The van der Waals surface area contributed by atoms with Crippen LogP contribution in [0.15, 0.2) is 57.5 Å². The molecule has 1 unspecified atom stereocenters. The van der Waals surface area contributed by atoms with Crippen molar-refractivity contribution in [1.82, 2.24) is 15.0 Å². The second kappa shape index (κ2) is 8.32. The number of nitrogens with zero attached hydrogens (tertiary/aromatic N) is 3. The predicted octanol–water partition coefficient (Wildman–Crippen LogP) is 4.94. The predicted molar refractivity (Wildman–Crippen MR) is 117 cm³/mol. The lowest BCUT2D eigenvalue weighted by atomic mass is 9.89. The molecule has 2 heterocycles. The van der Waals surface area contributed by atoms with Crippen LogP contribution in [0.25, 0.3) is 11.4 Å². The second-order valence-corrected chi connectivity index (χ2v) is 9.39. The summed E-state index contributed by atoms with van der Waals surface area (Å²) in [5.74, 6) is 0.515. The fourth-order valence-corrected chi connectivity index (χ4v) is 4.03. The first-order chi connectivity index (χ1) is 14.3. The molecule has 30 heavy (non-hydrogen) atoms. The maximum absolute atomic E-state index is 12.9. The number of aromatic nitrogens is 2. The van der Waals surface area contributed by atoms with Crippen LogP contribution in [0, 0.1) is 0 Å². The van der Waals surface area contributed by atoms with E-state index < -0.39 is 5.60 Å². The topological polar surface area (TPSA) is 68.5 Å². The molecule has 0 saturated heterocycles. The average Bonchev–Trinajstić information content (AvgIpc) is 3.14. The molecule has 0 radical (unpaired) electrons. The molecule has 0 spiro atoms. The average molecular weight is 470 g/mol. The Kier molecular flexibility index (Phi) is 5.75. The molecule has 6 nitrogen and oxygen atoms in total. The number of hydrogen-bond acceptors (Lipinski definition) is 6. The lowest BCUT2D eigenvalue weighted by Crippen LogP contribution is -2.39. The van der Waals surface area contributed by atoms with E-state index in [9.17, 15) is 4.79 Å². The van der Waals surface area contributed by atoms with E-state index in [1.807, 2.05) is 63.2 Å². The van der Waals surface area contributed by atoms with Gasteiger partial charge in [0, 0.05) is 23.1 Å². The zero-order chi connectivity index (χ0) is 21.3. The number of fused-ring (bicyclic) bond motifs is 1. The Labute approximate surface area is 184 Å². The zero-order valence-corrected chi connectivity index (χ0v) is 18.8. The van der Waals surface area contributed by atoms with Gasteiger partial charge in [-0.15, -0.1) is 0 Å². The summed E-state index contributed by atoms with van der Waals surface area (Å²) >= 11 is 3.46. The fourth-order valence-electron chi connectivity index (χ4n) is 3.63. The minimum Gasteiger partial charge on any atom is -0.459 e. The van der Waals surface area contributed by atoms with Gasteiger partial charge >= 0.3 is 5.97 Å². The van der Waals surface area contributed by atoms with Crippen molar-refractivity contribution in [2.75, 3.05) is 6.54 Å². The summed E-state index contributed by atoms with van der Waals surface area (Å²) in [6.45, 7) is 7.39. The van der Waals surface area contributed by atoms with Gasteiger partial charge in [-0.25, -0.2) is 0 Å². The Morgan fingerprint density at radius 3 is 2.80 bits per heavy atom. The zero-order valence-electron chi connectivity index (χ0n) is 17.3. The molecule has 3 aromatic rings. The van der Waals surface area contributed by atoms with E-state index in [-0.39, 0.29) is 11.9 Å². The van der Waals surface area contributed by atoms with Crippen molar-refractivity contribution in [2.45, 2.75) is 45.4 Å². The summed E-state index contributed by atoms with van der Waals surface area (Å²) in [6, 6.07) is 15.8. The van der Waals surface area contributed by atoms with E-state index in [1.54, 1.807) is 0 Å². The highest BCUT2D eigenvalue weighted by Gasteiger charge is 2.34. The molecular formula is C23H24BrN3O3. The Bertz CT molecular complexity index is 1060. The van der Waals surface area contributed by atoms with Gasteiger partial charge < -0.3 is 9.26 Å². The first-order valence-corrected chi connectivity index (χ1v) is 10.7. The van der Waals surface area contributed by atoms with Crippen molar-refractivity contribution < 1.29 is 14.1 Å². The highest BCUT2D eigenvalue weighted by molar-refractivity contribution is 9.10. The van der Waals surface area contributed by atoms with Crippen molar-refractivity contribution in [3.05, 3.63) is 70.0 Å². The van der Waals surface area contributed by atoms with Gasteiger partial charge in [0.05, 0.1) is 12.5 Å². The largest absolute Gasteiger partial charge is 0.459 e. The number of benzene rings is 2. The Morgan fingerprint density at radius 1 is 1.23 bits per heavy atom. The molecule has 7 heteroatoms. The lowest BCUT2D eigenvalue weighted by Gasteiger charge is -2.34. The minimum absolute atomic E-state index is 0.208. The second-order valence-electron chi connectivity index (χ2n) is 8.48. The van der Waals surface area contributed by atoms with Crippen LogP contribution in [-0.2, 0) is 22.6 Å². The maximum atomic E-state index is 12.9. The summed E-state index contributed by atoms with van der Waals surface area (Å²) in [5, 5.41) is 4.11. The Balaban J connectivity index is 1.54. The summed E-state index contributed by atoms with van der Waals surface area (Å²) in [6.07, 6.45) is 0. The van der Waals surface area contributed by atoms with Crippen molar-refractivity contribution in [1.29, 1.82) is 0 Å². The van der Waals surface area contributed by atoms with Crippen LogP contribution in [0.4, 0.5) is 0 Å². The third kappa shape index (κ3) is 4.79. The van der Waals surface area contributed by atoms with Gasteiger partial charge in [-0.05, 0) is 44.0 Å². The van der Waals surface area contributed by atoms with Gasteiger partial charge in [-0.2, -0.15) is 4.98 Å². The summed E-state index contributed by atoms with van der Waals surface area (Å²) in [5.41, 5.74) is 2.50. The molecule has 1 atom stereocenters. The molecule has 0 aliphatic carbocycles. The molecule has 0 amide bonds. The van der Waals surface area contributed by atoms with Crippen LogP contribution in [0.2, 0.25) is 0 Å². The van der Waals surface area contributed by atoms with Gasteiger partial charge in [-0.1, -0.05) is 57.5 Å². The quantitative estimate of drug-likeness (QED) is 0.504. The number of carbonyl (C=O) groups is 1. The molecule has 2 aromatic carbocycles. The Morgan fingerprint density at radius 2 is 2.03 bits per heavy atom. The highest BCUT2D eigenvalue weighted by atomic mass is 79.9. The van der Waals surface area contributed by atoms with Crippen molar-refractivity contribution in [3.8, 4) is 11.4 Å². The molecule has 0 bridgehead atoms. The molecule has 156 valence electrons. The summed E-state index contributed by atoms with van der Waals surface area (Å²) < 4.78 is 12.1. The van der Waals surface area contributed by atoms with Gasteiger partial charge in [-0.3, -0.25) is 9.69 Å². The van der Waals surface area contributed by atoms with Crippen molar-refractivity contribution in [3.63, 3.8) is 0 Å². The number of ether oxygens (including phenoxy) is 1. The van der Waals surface area contributed by atoms with Gasteiger partial charge in [0.1, 0.15) is 5.60 Å².